The van der Waals surface area contributed by atoms with Crippen molar-refractivity contribution in [2.75, 3.05) is 27.4 Å². The molecule has 0 spiro atoms. The molecule has 1 aromatic rings. The molecular formula is C25H39N3O7. The van der Waals surface area contributed by atoms with Crippen molar-refractivity contribution in [3.05, 3.63) is 17.5 Å². The number of Topliss-reactive ketones (excluding diaryl/α,β-unsaturated/α-hetero) is 2. The Morgan fingerprint density at radius 1 is 1.09 bits per heavy atom. The number of hydrogen-bond acceptors (Lipinski definition) is 8. The van der Waals surface area contributed by atoms with Crippen LogP contribution in [-0.2, 0) is 35.1 Å². The largest absolute Gasteiger partial charge is 0.384 e. The molecule has 0 radical (unpaired) electrons. The summed E-state index contributed by atoms with van der Waals surface area (Å²) < 4.78 is 15.4. The predicted octanol–water partition coefficient (Wildman–Crippen LogP) is 1.78. The summed E-state index contributed by atoms with van der Waals surface area (Å²) in [7, 11) is 2.87. The molecule has 2 amide bonds. The molecule has 10 nitrogen and oxygen atoms in total. The highest BCUT2D eigenvalue weighted by Crippen LogP contribution is 2.47. The van der Waals surface area contributed by atoms with Crippen LogP contribution in [-0.4, -0.2) is 68.1 Å². The van der Waals surface area contributed by atoms with Gasteiger partial charge in [-0.25, -0.2) is 0 Å². The fourth-order valence-corrected chi connectivity index (χ4v) is 3.95. The molecule has 0 aromatic carbocycles. The van der Waals surface area contributed by atoms with Crippen LogP contribution in [0.4, 0.5) is 0 Å². The van der Waals surface area contributed by atoms with E-state index in [9.17, 15) is 19.2 Å². The van der Waals surface area contributed by atoms with E-state index < -0.39 is 29.8 Å². The maximum absolute atomic E-state index is 13.1. The molecule has 1 aromatic heterocycles. The van der Waals surface area contributed by atoms with Gasteiger partial charge in [0.05, 0.1) is 37.3 Å². The summed E-state index contributed by atoms with van der Waals surface area (Å²) in [5, 5.41) is 9.26. The summed E-state index contributed by atoms with van der Waals surface area (Å²) >= 11 is 0. The van der Waals surface area contributed by atoms with Gasteiger partial charge in [0.15, 0.2) is 11.6 Å². The lowest BCUT2D eigenvalue weighted by atomic mass is 9.90. The summed E-state index contributed by atoms with van der Waals surface area (Å²) in [6.45, 7) is 7.61. The number of ether oxygens (including phenoxy) is 2. The average Bonchev–Trinajstić information content (AvgIpc) is 3.41. The summed E-state index contributed by atoms with van der Waals surface area (Å²) in [5.74, 6) is -1.39. The molecule has 1 fully saturated rings. The molecule has 1 aliphatic carbocycles. The molecule has 0 bridgehead atoms. The van der Waals surface area contributed by atoms with Crippen molar-refractivity contribution in [3.63, 3.8) is 0 Å². The van der Waals surface area contributed by atoms with E-state index in [4.69, 9.17) is 14.0 Å². The molecule has 10 heteroatoms. The maximum Gasteiger partial charge on any atom is 0.228 e. The molecule has 1 heterocycles. The van der Waals surface area contributed by atoms with Gasteiger partial charge in [-0.15, -0.1) is 0 Å². The standard InChI is InChI=1S/C25H39N3O7/c1-15(2)9-19(23(31)25(4)7-8-25)27-24(32)17(13-33-5)11-21(29)20(14-34-6)26-22(30)12-18-10-16(3)28-35-18/h10,15,17,19-20H,7-9,11-14H2,1-6H3,(H,26,30)(H,27,32)/t17-,19-,20-/m0/s1. The van der Waals surface area contributed by atoms with Crippen LogP contribution in [0, 0.1) is 24.2 Å². The smallest absolute Gasteiger partial charge is 0.228 e. The van der Waals surface area contributed by atoms with Gasteiger partial charge in [-0.3, -0.25) is 19.2 Å². The number of nitrogens with zero attached hydrogens (tertiary/aromatic N) is 1. The summed E-state index contributed by atoms with van der Waals surface area (Å²) in [5.41, 5.74) is 0.269. The van der Waals surface area contributed by atoms with Crippen LogP contribution in [0.5, 0.6) is 0 Å². The number of amides is 2. The molecule has 196 valence electrons. The fourth-order valence-electron chi connectivity index (χ4n) is 3.95. The highest BCUT2D eigenvalue weighted by atomic mass is 16.5. The van der Waals surface area contributed by atoms with E-state index >= 15 is 0 Å². The van der Waals surface area contributed by atoms with Crippen molar-refractivity contribution in [3.8, 4) is 0 Å². The SMILES string of the molecule is COC[C@H](CC(=O)[C@H](COC)NC(=O)Cc1cc(C)no1)C(=O)N[C@@H](CC(C)C)C(=O)C1(C)CC1. The Morgan fingerprint density at radius 3 is 2.26 bits per heavy atom. The Balaban J connectivity index is 2.04. The highest BCUT2D eigenvalue weighted by molar-refractivity contribution is 5.96. The topological polar surface area (TPSA) is 137 Å². The van der Waals surface area contributed by atoms with Crippen LogP contribution in [0.3, 0.4) is 0 Å². The van der Waals surface area contributed by atoms with E-state index in [2.05, 4.69) is 15.8 Å². The lowest BCUT2D eigenvalue weighted by Crippen LogP contribution is -2.49. The molecule has 1 saturated carbocycles. The molecule has 35 heavy (non-hydrogen) atoms. The van der Waals surface area contributed by atoms with Gasteiger partial charge in [0.25, 0.3) is 0 Å². The monoisotopic (exact) mass is 493 g/mol. The van der Waals surface area contributed by atoms with Crippen LogP contribution in [0.2, 0.25) is 0 Å². The Kier molecular flexibility index (Phi) is 10.6. The van der Waals surface area contributed by atoms with Crippen molar-refractivity contribution in [1.82, 2.24) is 15.8 Å². The minimum atomic E-state index is -0.942. The van der Waals surface area contributed by atoms with Gasteiger partial charge < -0.3 is 24.6 Å². The van der Waals surface area contributed by atoms with Crippen molar-refractivity contribution >= 4 is 23.4 Å². The number of carbonyl (C=O) groups excluding carboxylic acids is 4. The molecule has 0 saturated heterocycles. The van der Waals surface area contributed by atoms with Crippen LogP contribution >= 0.6 is 0 Å². The third-order valence-corrected chi connectivity index (χ3v) is 6.19. The first-order valence-corrected chi connectivity index (χ1v) is 12.1. The Bertz CT molecular complexity index is 891. The van der Waals surface area contributed by atoms with Gasteiger partial charge in [-0.2, -0.15) is 0 Å². The van der Waals surface area contributed by atoms with Gasteiger partial charge in [0.1, 0.15) is 11.8 Å². The zero-order valence-electron chi connectivity index (χ0n) is 21.6. The van der Waals surface area contributed by atoms with Gasteiger partial charge in [0.2, 0.25) is 11.8 Å². The van der Waals surface area contributed by atoms with E-state index in [0.717, 1.165) is 12.8 Å². The number of rotatable bonds is 16. The first-order chi connectivity index (χ1) is 16.5. The number of aryl methyl sites for hydroxylation is 1. The quantitative estimate of drug-likeness (QED) is 0.356. The van der Waals surface area contributed by atoms with Crippen molar-refractivity contribution in [2.45, 2.75) is 71.9 Å². The number of nitrogens with one attached hydrogen (secondary N) is 2. The second kappa shape index (κ2) is 12.9. The third-order valence-electron chi connectivity index (χ3n) is 6.19. The molecule has 0 unspecified atom stereocenters. The summed E-state index contributed by atoms with van der Waals surface area (Å²) in [6, 6.07) is 0.0919. The van der Waals surface area contributed by atoms with Crippen molar-refractivity contribution in [2.24, 2.45) is 17.3 Å². The van der Waals surface area contributed by atoms with Crippen molar-refractivity contribution < 1.29 is 33.2 Å². The third kappa shape index (κ3) is 8.85. The lowest BCUT2D eigenvalue weighted by Gasteiger charge is -2.26. The van der Waals surface area contributed by atoms with Gasteiger partial charge in [-0.05, 0) is 32.1 Å². The van der Waals surface area contributed by atoms with E-state index in [1.807, 2.05) is 20.8 Å². The van der Waals surface area contributed by atoms with Crippen LogP contribution in [0.25, 0.3) is 0 Å². The zero-order chi connectivity index (χ0) is 26.2. The number of carbonyl (C=O) groups is 4. The van der Waals surface area contributed by atoms with E-state index in [0.29, 0.717) is 17.9 Å². The fraction of sp³-hybridized carbons (Fsp3) is 0.720. The maximum atomic E-state index is 13.1. The average molecular weight is 494 g/mol. The lowest BCUT2D eigenvalue weighted by molar-refractivity contribution is -0.136. The highest BCUT2D eigenvalue weighted by Gasteiger charge is 2.48. The predicted molar refractivity (Wildman–Crippen MR) is 127 cm³/mol. The molecule has 3 atom stereocenters. The molecule has 0 aliphatic heterocycles. The molecule has 1 aliphatic rings. The van der Waals surface area contributed by atoms with E-state index in [1.54, 1.807) is 13.0 Å². The van der Waals surface area contributed by atoms with E-state index in [-0.39, 0.29) is 49.0 Å². The number of methoxy groups -OCH3 is 2. The minimum absolute atomic E-state index is 0.00240. The number of hydrogen-bond donors (Lipinski definition) is 2. The van der Waals surface area contributed by atoms with Crippen LogP contribution in [0.15, 0.2) is 10.6 Å². The van der Waals surface area contributed by atoms with Gasteiger partial charge in [0, 0.05) is 32.1 Å². The molecular weight excluding hydrogens is 454 g/mol. The number of ketones is 2. The Labute approximate surface area is 206 Å². The van der Waals surface area contributed by atoms with Gasteiger partial charge >= 0.3 is 0 Å². The Hall–Kier alpha value is -2.59. The van der Waals surface area contributed by atoms with Crippen LogP contribution < -0.4 is 10.6 Å². The molecule has 2 rings (SSSR count). The second-order valence-electron chi connectivity index (χ2n) is 10.1. The summed E-state index contributed by atoms with van der Waals surface area (Å²) in [4.78, 5) is 51.6. The second-order valence-corrected chi connectivity index (χ2v) is 10.1. The number of aromatic nitrogens is 1. The van der Waals surface area contributed by atoms with Crippen molar-refractivity contribution in [1.29, 1.82) is 0 Å². The zero-order valence-corrected chi connectivity index (χ0v) is 21.6. The Morgan fingerprint density at radius 2 is 1.74 bits per heavy atom. The van der Waals surface area contributed by atoms with Gasteiger partial charge in [-0.1, -0.05) is 25.9 Å². The summed E-state index contributed by atoms with van der Waals surface area (Å²) in [6.07, 6.45) is 1.92. The minimum Gasteiger partial charge on any atom is -0.384 e. The van der Waals surface area contributed by atoms with E-state index in [1.165, 1.54) is 14.2 Å². The first kappa shape index (κ1) is 28.6. The van der Waals surface area contributed by atoms with Crippen LogP contribution in [0.1, 0.15) is 57.9 Å². The molecule has 2 N–H and O–H groups in total. The first-order valence-electron chi connectivity index (χ1n) is 12.1. The normalized spacial score (nSPS) is 16.9.